The topological polar surface area (TPSA) is 45.7 Å². The van der Waals surface area contributed by atoms with Gasteiger partial charge in [0.2, 0.25) is 5.90 Å². The summed E-state index contributed by atoms with van der Waals surface area (Å²) in [5.74, 6) is 0.784. The van der Waals surface area contributed by atoms with E-state index in [0.29, 0.717) is 11.8 Å². The summed E-state index contributed by atoms with van der Waals surface area (Å²) in [6.45, 7) is 2.05. The second-order valence-electron chi connectivity index (χ2n) is 4.68. The third kappa shape index (κ3) is 2.31. The van der Waals surface area contributed by atoms with Gasteiger partial charge in [0.1, 0.15) is 5.82 Å². The maximum Gasteiger partial charge on any atom is 0.240 e. The number of nitrogens with one attached hydrogen (secondary N) is 2. The van der Waals surface area contributed by atoms with E-state index in [2.05, 4.69) is 15.8 Å². The van der Waals surface area contributed by atoms with Crippen LogP contribution in [-0.4, -0.2) is 25.2 Å². The maximum absolute atomic E-state index is 12.8. The third-order valence-corrected chi connectivity index (χ3v) is 3.44. The average Bonchev–Trinajstić information content (AvgIpc) is 2.90. The number of hydrogen-bond donors (Lipinski definition) is 2. The van der Waals surface area contributed by atoms with Gasteiger partial charge in [0, 0.05) is 11.5 Å². The molecule has 0 bridgehead atoms. The maximum atomic E-state index is 12.8. The molecule has 0 aliphatic carbocycles. The van der Waals surface area contributed by atoms with Crippen molar-refractivity contribution < 1.29 is 9.13 Å². The third-order valence-electron chi connectivity index (χ3n) is 3.44. The standard InChI is InChI=1S/C13H16FN3O/c14-11-3-1-9(2-4-11)12-16-17-13(18-12)10-5-7-15-8-6-10/h1-4,10,13,15,17H,5-8H2. The number of hydrogen-bond acceptors (Lipinski definition) is 4. The van der Waals surface area contributed by atoms with Crippen LogP contribution < -0.4 is 10.7 Å². The largest absolute Gasteiger partial charge is 0.451 e. The molecular weight excluding hydrogens is 233 g/mol. The van der Waals surface area contributed by atoms with Crippen LogP contribution in [0.4, 0.5) is 4.39 Å². The Morgan fingerprint density at radius 3 is 2.61 bits per heavy atom. The van der Waals surface area contributed by atoms with Crippen molar-refractivity contribution in [2.75, 3.05) is 13.1 Å². The lowest BCUT2D eigenvalue weighted by Gasteiger charge is -2.26. The zero-order valence-electron chi connectivity index (χ0n) is 10.0. The van der Waals surface area contributed by atoms with Crippen LogP contribution in [0, 0.1) is 11.7 Å². The molecule has 3 rings (SSSR count). The number of halogens is 1. The Hall–Kier alpha value is -1.62. The van der Waals surface area contributed by atoms with Gasteiger partial charge in [-0.15, -0.1) is 5.10 Å². The van der Waals surface area contributed by atoms with Crippen molar-refractivity contribution in [2.45, 2.75) is 19.1 Å². The minimum atomic E-state index is -0.250. The molecule has 2 aliphatic rings. The first-order chi connectivity index (χ1) is 8.83. The number of rotatable bonds is 2. The van der Waals surface area contributed by atoms with E-state index in [1.165, 1.54) is 12.1 Å². The van der Waals surface area contributed by atoms with Crippen LogP contribution in [0.15, 0.2) is 29.4 Å². The number of hydrazone groups is 1. The van der Waals surface area contributed by atoms with Crippen molar-refractivity contribution in [3.8, 4) is 0 Å². The summed E-state index contributed by atoms with van der Waals surface area (Å²) in [6, 6.07) is 6.19. The summed E-state index contributed by atoms with van der Waals surface area (Å²) in [7, 11) is 0. The van der Waals surface area contributed by atoms with Crippen LogP contribution in [0.25, 0.3) is 0 Å². The first kappa shape index (κ1) is 11.5. The van der Waals surface area contributed by atoms with E-state index < -0.39 is 0 Å². The zero-order chi connectivity index (χ0) is 12.4. The lowest BCUT2D eigenvalue weighted by atomic mass is 9.96. The Morgan fingerprint density at radius 2 is 1.89 bits per heavy atom. The van der Waals surface area contributed by atoms with Gasteiger partial charge in [0.25, 0.3) is 0 Å². The zero-order valence-corrected chi connectivity index (χ0v) is 10.0. The summed E-state index contributed by atoms with van der Waals surface area (Å²) in [6.07, 6.45) is 2.13. The molecule has 1 aromatic rings. The molecule has 1 aromatic carbocycles. The molecule has 0 spiro atoms. The van der Waals surface area contributed by atoms with Crippen LogP contribution in [0.3, 0.4) is 0 Å². The number of benzene rings is 1. The highest BCUT2D eigenvalue weighted by molar-refractivity contribution is 5.94. The fourth-order valence-corrected chi connectivity index (χ4v) is 2.37. The van der Waals surface area contributed by atoms with Gasteiger partial charge < -0.3 is 10.1 Å². The quantitative estimate of drug-likeness (QED) is 0.833. The van der Waals surface area contributed by atoms with Gasteiger partial charge in [-0.2, -0.15) is 0 Å². The molecule has 0 radical (unpaired) electrons. The Kier molecular flexibility index (Phi) is 3.15. The monoisotopic (exact) mass is 249 g/mol. The minimum Gasteiger partial charge on any atom is -0.451 e. The fourth-order valence-electron chi connectivity index (χ4n) is 2.37. The molecule has 5 heteroatoms. The molecule has 1 saturated heterocycles. The number of piperidine rings is 1. The van der Waals surface area contributed by atoms with Crippen LogP contribution in [0.1, 0.15) is 18.4 Å². The van der Waals surface area contributed by atoms with Crippen molar-refractivity contribution in [3.05, 3.63) is 35.6 Å². The Bertz CT molecular complexity index is 440. The van der Waals surface area contributed by atoms with Crippen LogP contribution in [0.2, 0.25) is 0 Å². The van der Waals surface area contributed by atoms with Crippen molar-refractivity contribution in [1.82, 2.24) is 10.7 Å². The fraction of sp³-hybridized carbons (Fsp3) is 0.462. The van der Waals surface area contributed by atoms with Crippen molar-refractivity contribution in [1.29, 1.82) is 0 Å². The summed E-state index contributed by atoms with van der Waals surface area (Å²) >= 11 is 0. The normalized spacial score (nSPS) is 24.3. The van der Waals surface area contributed by atoms with Crippen molar-refractivity contribution in [3.63, 3.8) is 0 Å². The van der Waals surface area contributed by atoms with Gasteiger partial charge in [-0.25, -0.2) is 4.39 Å². The highest BCUT2D eigenvalue weighted by Gasteiger charge is 2.29. The van der Waals surface area contributed by atoms with Crippen LogP contribution in [-0.2, 0) is 4.74 Å². The van der Waals surface area contributed by atoms with Gasteiger partial charge in [-0.1, -0.05) is 0 Å². The van der Waals surface area contributed by atoms with E-state index in [-0.39, 0.29) is 12.0 Å². The van der Waals surface area contributed by atoms with Crippen molar-refractivity contribution in [2.24, 2.45) is 11.0 Å². The van der Waals surface area contributed by atoms with E-state index in [1.54, 1.807) is 12.1 Å². The second kappa shape index (κ2) is 4.94. The molecule has 18 heavy (non-hydrogen) atoms. The molecule has 96 valence electrons. The Balaban J connectivity index is 1.65. The Labute approximate surface area is 105 Å². The summed E-state index contributed by atoms with van der Waals surface area (Å²) in [5.41, 5.74) is 3.84. The van der Waals surface area contributed by atoms with Crippen LogP contribution in [0.5, 0.6) is 0 Å². The summed E-state index contributed by atoms with van der Waals surface area (Å²) in [4.78, 5) is 0. The lowest BCUT2D eigenvalue weighted by Crippen LogP contribution is -2.39. The lowest BCUT2D eigenvalue weighted by molar-refractivity contribution is 0.0971. The average molecular weight is 249 g/mol. The molecular formula is C13H16FN3O. The molecule has 0 aromatic heterocycles. The molecule has 4 nitrogen and oxygen atoms in total. The molecule has 2 aliphatic heterocycles. The first-order valence-electron chi connectivity index (χ1n) is 6.29. The molecule has 1 atom stereocenters. The SMILES string of the molecule is Fc1ccc(C2=NNC(C3CCNCC3)O2)cc1. The van der Waals surface area contributed by atoms with Gasteiger partial charge in [-0.05, 0) is 50.2 Å². The van der Waals surface area contributed by atoms with E-state index >= 15 is 0 Å². The van der Waals surface area contributed by atoms with Gasteiger partial charge in [0.05, 0.1) is 0 Å². The Morgan fingerprint density at radius 1 is 1.17 bits per heavy atom. The minimum absolute atomic E-state index is 0.0489. The number of nitrogens with zero attached hydrogens (tertiary/aromatic N) is 1. The molecule has 2 heterocycles. The highest BCUT2D eigenvalue weighted by atomic mass is 19.1. The van der Waals surface area contributed by atoms with Crippen molar-refractivity contribution >= 4 is 5.90 Å². The summed E-state index contributed by atoms with van der Waals surface area (Å²) < 4.78 is 18.7. The van der Waals surface area contributed by atoms with Gasteiger partial charge in [0.15, 0.2) is 6.23 Å². The van der Waals surface area contributed by atoms with E-state index in [4.69, 9.17) is 4.74 Å². The molecule has 2 N–H and O–H groups in total. The van der Waals surface area contributed by atoms with Crippen LogP contribution >= 0.6 is 0 Å². The molecule has 1 fully saturated rings. The summed E-state index contributed by atoms with van der Waals surface area (Å²) in [5, 5.41) is 7.52. The van der Waals surface area contributed by atoms with E-state index in [1.807, 2.05) is 0 Å². The predicted molar refractivity (Wildman–Crippen MR) is 66.5 cm³/mol. The molecule has 0 saturated carbocycles. The second-order valence-corrected chi connectivity index (χ2v) is 4.68. The smallest absolute Gasteiger partial charge is 0.240 e. The molecule has 0 amide bonds. The van der Waals surface area contributed by atoms with Gasteiger partial charge >= 0.3 is 0 Å². The van der Waals surface area contributed by atoms with E-state index in [9.17, 15) is 4.39 Å². The first-order valence-corrected chi connectivity index (χ1v) is 6.29. The highest BCUT2D eigenvalue weighted by Crippen LogP contribution is 2.21. The molecule has 1 unspecified atom stereocenters. The van der Waals surface area contributed by atoms with E-state index in [0.717, 1.165) is 31.5 Å². The predicted octanol–water partition coefficient (Wildman–Crippen LogP) is 1.43. The number of ether oxygens (including phenoxy) is 1. The van der Waals surface area contributed by atoms with Gasteiger partial charge in [-0.3, -0.25) is 5.43 Å².